The van der Waals surface area contributed by atoms with Gasteiger partial charge in [0.05, 0.1) is 12.1 Å². The van der Waals surface area contributed by atoms with E-state index in [2.05, 4.69) is 10.4 Å². The number of carbonyl (C=O) groups excluding carboxylic acids is 1. The van der Waals surface area contributed by atoms with Crippen molar-refractivity contribution >= 4 is 23.3 Å². The third-order valence-corrected chi connectivity index (χ3v) is 4.65. The van der Waals surface area contributed by atoms with Crippen molar-refractivity contribution in [3.8, 4) is 11.3 Å². The fourth-order valence-corrected chi connectivity index (χ4v) is 3.41. The molecule has 6 heteroatoms. The molecule has 1 aliphatic rings. The minimum absolute atomic E-state index is 0.0272. The summed E-state index contributed by atoms with van der Waals surface area (Å²) in [6.45, 7) is 4.07. The molecule has 0 fully saturated rings. The average molecular weight is 356 g/mol. The first-order chi connectivity index (χ1) is 12.0. The van der Waals surface area contributed by atoms with Crippen molar-refractivity contribution in [2.24, 2.45) is 0 Å². The molecule has 0 unspecified atom stereocenters. The monoisotopic (exact) mass is 355 g/mol. The maximum atomic E-state index is 12.2. The topological polar surface area (TPSA) is 60.1 Å². The summed E-state index contributed by atoms with van der Waals surface area (Å²) in [5, 5.41) is 8.03. The molecule has 128 valence electrons. The molecule has 0 saturated heterocycles. The van der Waals surface area contributed by atoms with Crippen LogP contribution in [0.2, 0.25) is 5.02 Å². The SMILES string of the molecule is CC(C)n1ncc2c1NC(=O)C[C@@H]2c1ccc(-c2cccc(Cl)c2)o1. The van der Waals surface area contributed by atoms with Gasteiger partial charge in [-0.05, 0) is 38.1 Å². The summed E-state index contributed by atoms with van der Waals surface area (Å²) < 4.78 is 7.90. The Morgan fingerprint density at radius 1 is 1.32 bits per heavy atom. The van der Waals surface area contributed by atoms with Gasteiger partial charge in [-0.1, -0.05) is 23.7 Å². The van der Waals surface area contributed by atoms with Crippen molar-refractivity contribution in [3.63, 3.8) is 0 Å². The summed E-state index contributed by atoms with van der Waals surface area (Å²) in [7, 11) is 0. The Bertz CT molecular complexity index is 942. The van der Waals surface area contributed by atoms with Gasteiger partial charge >= 0.3 is 0 Å². The minimum atomic E-state index is -0.135. The van der Waals surface area contributed by atoms with Crippen LogP contribution >= 0.6 is 11.6 Å². The van der Waals surface area contributed by atoms with E-state index in [0.29, 0.717) is 11.4 Å². The number of nitrogens with zero attached hydrogens (tertiary/aromatic N) is 2. The number of fused-ring (bicyclic) bond motifs is 1. The molecule has 2 aromatic heterocycles. The van der Waals surface area contributed by atoms with Crippen LogP contribution in [0.15, 0.2) is 47.0 Å². The van der Waals surface area contributed by atoms with E-state index in [-0.39, 0.29) is 17.9 Å². The largest absolute Gasteiger partial charge is 0.460 e. The van der Waals surface area contributed by atoms with E-state index < -0.39 is 0 Å². The van der Waals surface area contributed by atoms with Gasteiger partial charge in [0.1, 0.15) is 17.3 Å². The summed E-state index contributed by atoms with van der Waals surface area (Å²) in [5.41, 5.74) is 1.90. The van der Waals surface area contributed by atoms with Crippen LogP contribution in [-0.2, 0) is 4.79 Å². The highest BCUT2D eigenvalue weighted by molar-refractivity contribution is 6.30. The van der Waals surface area contributed by atoms with Gasteiger partial charge < -0.3 is 9.73 Å². The van der Waals surface area contributed by atoms with E-state index in [1.807, 2.05) is 61.1 Å². The predicted octanol–water partition coefficient (Wildman–Crippen LogP) is 4.85. The molecule has 25 heavy (non-hydrogen) atoms. The van der Waals surface area contributed by atoms with E-state index in [0.717, 1.165) is 28.5 Å². The zero-order chi connectivity index (χ0) is 17.6. The molecule has 0 spiro atoms. The highest BCUT2D eigenvalue weighted by atomic mass is 35.5. The number of benzene rings is 1. The number of rotatable bonds is 3. The molecule has 0 radical (unpaired) electrons. The van der Waals surface area contributed by atoms with Gasteiger partial charge in [-0.3, -0.25) is 4.79 Å². The molecule has 3 heterocycles. The predicted molar refractivity (Wildman–Crippen MR) is 96.9 cm³/mol. The van der Waals surface area contributed by atoms with Crippen LogP contribution in [0.1, 0.15) is 43.6 Å². The fraction of sp³-hybridized carbons (Fsp3) is 0.263. The highest BCUT2D eigenvalue weighted by Crippen LogP contribution is 2.39. The van der Waals surface area contributed by atoms with Crippen molar-refractivity contribution < 1.29 is 9.21 Å². The molecular weight excluding hydrogens is 338 g/mol. The van der Waals surface area contributed by atoms with Crippen LogP contribution in [0.4, 0.5) is 5.82 Å². The Morgan fingerprint density at radius 2 is 2.16 bits per heavy atom. The van der Waals surface area contributed by atoms with Crippen molar-refractivity contribution in [3.05, 3.63) is 58.9 Å². The third-order valence-electron chi connectivity index (χ3n) is 4.42. The number of furan rings is 1. The van der Waals surface area contributed by atoms with Crippen LogP contribution in [0.25, 0.3) is 11.3 Å². The smallest absolute Gasteiger partial charge is 0.226 e. The Hall–Kier alpha value is -2.53. The standard InChI is InChI=1S/C19H18ClN3O2/c1-11(2)23-19-15(10-21-23)14(9-18(24)22-19)17-7-6-16(25-17)12-4-3-5-13(20)8-12/h3-8,10-11,14H,9H2,1-2H3,(H,22,24)/t14-/m0/s1. The summed E-state index contributed by atoms with van der Waals surface area (Å²) in [6, 6.07) is 11.5. The maximum absolute atomic E-state index is 12.2. The summed E-state index contributed by atoms with van der Waals surface area (Å²) in [6.07, 6.45) is 2.17. The molecule has 1 amide bonds. The van der Waals surface area contributed by atoms with Crippen LogP contribution in [0.3, 0.4) is 0 Å². The Balaban J connectivity index is 1.73. The zero-order valence-corrected chi connectivity index (χ0v) is 14.7. The highest BCUT2D eigenvalue weighted by Gasteiger charge is 2.32. The summed E-state index contributed by atoms with van der Waals surface area (Å²) in [5.74, 6) is 2.09. The number of halogens is 1. The quantitative estimate of drug-likeness (QED) is 0.730. The molecule has 1 atom stereocenters. The van der Waals surface area contributed by atoms with Gasteiger partial charge in [0.25, 0.3) is 0 Å². The van der Waals surface area contributed by atoms with Crippen LogP contribution in [0.5, 0.6) is 0 Å². The number of anilines is 1. The van der Waals surface area contributed by atoms with E-state index in [1.54, 1.807) is 0 Å². The molecule has 4 rings (SSSR count). The number of hydrogen-bond acceptors (Lipinski definition) is 3. The lowest BCUT2D eigenvalue weighted by Gasteiger charge is -2.23. The Morgan fingerprint density at radius 3 is 2.92 bits per heavy atom. The molecule has 1 N–H and O–H groups in total. The van der Waals surface area contributed by atoms with Gasteiger partial charge in [0.2, 0.25) is 5.91 Å². The number of amides is 1. The van der Waals surface area contributed by atoms with Gasteiger partial charge in [-0.25, -0.2) is 4.68 Å². The van der Waals surface area contributed by atoms with Gasteiger partial charge in [0.15, 0.2) is 0 Å². The molecule has 5 nitrogen and oxygen atoms in total. The van der Waals surface area contributed by atoms with Crippen LogP contribution in [0, 0.1) is 0 Å². The summed E-state index contributed by atoms with van der Waals surface area (Å²) >= 11 is 6.06. The van der Waals surface area contributed by atoms with Crippen molar-refractivity contribution in [1.82, 2.24) is 9.78 Å². The van der Waals surface area contributed by atoms with E-state index in [9.17, 15) is 4.79 Å². The Kier molecular flexibility index (Phi) is 3.88. The molecule has 1 aromatic carbocycles. The van der Waals surface area contributed by atoms with Gasteiger partial charge in [-0.2, -0.15) is 5.10 Å². The van der Waals surface area contributed by atoms with Crippen molar-refractivity contribution in [1.29, 1.82) is 0 Å². The maximum Gasteiger partial charge on any atom is 0.226 e. The van der Waals surface area contributed by atoms with E-state index in [1.165, 1.54) is 0 Å². The lowest BCUT2D eigenvalue weighted by atomic mass is 9.92. The Labute approximate surface area is 150 Å². The number of carbonyl (C=O) groups is 1. The van der Waals surface area contributed by atoms with Crippen LogP contribution < -0.4 is 5.32 Å². The molecule has 0 bridgehead atoms. The van der Waals surface area contributed by atoms with Gasteiger partial charge in [-0.15, -0.1) is 0 Å². The average Bonchev–Trinajstić information content (AvgIpc) is 3.21. The third kappa shape index (κ3) is 2.85. The minimum Gasteiger partial charge on any atom is -0.460 e. The second-order valence-corrected chi connectivity index (χ2v) is 6.94. The normalized spacial score (nSPS) is 16.8. The number of aromatic nitrogens is 2. The molecule has 1 aliphatic heterocycles. The van der Waals surface area contributed by atoms with Crippen molar-refractivity contribution in [2.75, 3.05) is 5.32 Å². The van der Waals surface area contributed by atoms with Crippen molar-refractivity contribution in [2.45, 2.75) is 32.2 Å². The zero-order valence-electron chi connectivity index (χ0n) is 14.0. The lowest BCUT2D eigenvalue weighted by Crippen LogP contribution is -2.25. The second kappa shape index (κ2) is 6.08. The second-order valence-electron chi connectivity index (χ2n) is 6.50. The first-order valence-corrected chi connectivity index (χ1v) is 8.63. The number of nitrogens with one attached hydrogen (secondary N) is 1. The molecule has 3 aromatic rings. The van der Waals surface area contributed by atoms with Gasteiger partial charge in [0, 0.05) is 28.6 Å². The molecule has 0 aliphatic carbocycles. The molecule has 0 saturated carbocycles. The van der Waals surface area contributed by atoms with E-state index >= 15 is 0 Å². The summed E-state index contributed by atoms with van der Waals surface area (Å²) in [4.78, 5) is 12.2. The first-order valence-electron chi connectivity index (χ1n) is 8.26. The first kappa shape index (κ1) is 16.0. The molecular formula is C19H18ClN3O2. The van der Waals surface area contributed by atoms with E-state index in [4.69, 9.17) is 16.0 Å². The number of hydrogen-bond donors (Lipinski definition) is 1. The lowest BCUT2D eigenvalue weighted by molar-refractivity contribution is -0.116. The fourth-order valence-electron chi connectivity index (χ4n) is 3.22. The van der Waals surface area contributed by atoms with Crippen LogP contribution in [-0.4, -0.2) is 15.7 Å².